The number of benzene rings is 1. The monoisotopic (exact) mass is 303 g/mol. The molecule has 1 aliphatic rings. The largest absolute Gasteiger partial charge is 0.478 e. The fourth-order valence-electron chi connectivity index (χ4n) is 2.51. The molecular formula is C15H14ClN3O2. The minimum atomic E-state index is -1.01. The van der Waals surface area contributed by atoms with Gasteiger partial charge in [0.25, 0.3) is 0 Å². The molecule has 6 heteroatoms. The van der Waals surface area contributed by atoms with Gasteiger partial charge in [0.1, 0.15) is 0 Å². The maximum absolute atomic E-state index is 11.0. The molecular weight excluding hydrogens is 290 g/mol. The number of nitrogens with zero attached hydrogens (tertiary/aromatic N) is 3. The van der Waals surface area contributed by atoms with Gasteiger partial charge in [-0.1, -0.05) is 17.7 Å². The predicted molar refractivity (Wildman–Crippen MR) is 78.3 cm³/mol. The van der Waals surface area contributed by atoms with Crippen LogP contribution in [0.25, 0.3) is 0 Å². The van der Waals surface area contributed by atoms with Crippen molar-refractivity contribution in [2.45, 2.75) is 19.5 Å². The summed E-state index contributed by atoms with van der Waals surface area (Å²) in [5, 5.41) is 9.25. The van der Waals surface area contributed by atoms with Gasteiger partial charge in [-0.3, -0.25) is 14.9 Å². The number of aromatic carboxylic acids is 1. The first-order valence-electron chi connectivity index (χ1n) is 6.66. The molecule has 3 rings (SSSR count). The van der Waals surface area contributed by atoms with Gasteiger partial charge < -0.3 is 5.11 Å². The summed E-state index contributed by atoms with van der Waals surface area (Å²) in [6.45, 7) is 2.38. The van der Waals surface area contributed by atoms with E-state index in [2.05, 4.69) is 14.9 Å². The highest BCUT2D eigenvalue weighted by Crippen LogP contribution is 2.21. The van der Waals surface area contributed by atoms with E-state index in [0.717, 1.165) is 43.0 Å². The maximum Gasteiger partial charge on any atom is 0.337 e. The van der Waals surface area contributed by atoms with Crippen molar-refractivity contribution in [2.75, 3.05) is 6.54 Å². The summed E-state index contributed by atoms with van der Waals surface area (Å²) in [6, 6.07) is 5.08. The van der Waals surface area contributed by atoms with Crippen LogP contribution in [-0.4, -0.2) is 32.5 Å². The van der Waals surface area contributed by atoms with Crippen molar-refractivity contribution in [1.82, 2.24) is 14.9 Å². The molecule has 0 fully saturated rings. The van der Waals surface area contributed by atoms with Crippen molar-refractivity contribution in [3.63, 3.8) is 0 Å². The highest BCUT2D eigenvalue weighted by atomic mass is 35.5. The van der Waals surface area contributed by atoms with Crippen LogP contribution < -0.4 is 0 Å². The van der Waals surface area contributed by atoms with Gasteiger partial charge in [-0.25, -0.2) is 4.79 Å². The quantitative estimate of drug-likeness (QED) is 0.943. The fourth-order valence-corrected chi connectivity index (χ4v) is 2.80. The molecule has 1 aromatic heterocycles. The molecule has 2 heterocycles. The SMILES string of the molecule is O=C(O)c1ccc(CN2CCc3nccnc3C2)cc1Cl. The van der Waals surface area contributed by atoms with Gasteiger partial charge in [-0.2, -0.15) is 0 Å². The summed E-state index contributed by atoms with van der Waals surface area (Å²) >= 11 is 6.00. The van der Waals surface area contributed by atoms with Gasteiger partial charge in [-0.15, -0.1) is 0 Å². The molecule has 0 saturated carbocycles. The standard InChI is InChI=1S/C15H14ClN3O2/c16-12-7-10(1-2-11(12)15(20)21)8-19-6-3-13-14(9-19)18-5-4-17-13/h1-2,4-5,7H,3,6,8-9H2,(H,20,21). The van der Waals surface area contributed by atoms with Gasteiger partial charge in [-0.05, 0) is 17.7 Å². The molecule has 1 aromatic carbocycles. The summed E-state index contributed by atoms with van der Waals surface area (Å²) in [5.41, 5.74) is 3.21. The summed E-state index contributed by atoms with van der Waals surface area (Å²) in [4.78, 5) is 21.9. The number of carboxylic acids is 1. The average Bonchev–Trinajstić information content (AvgIpc) is 2.47. The molecule has 21 heavy (non-hydrogen) atoms. The van der Waals surface area contributed by atoms with E-state index < -0.39 is 5.97 Å². The molecule has 0 unspecified atom stereocenters. The van der Waals surface area contributed by atoms with Crippen LogP contribution in [0.1, 0.15) is 27.3 Å². The van der Waals surface area contributed by atoms with Crippen LogP contribution in [-0.2, 0) is 19.5 Å². The third kappa shape index (κ3) is 3.04. The predicted octanol–water partition coefficient (Wildman–Crippen LogP) is 2.39. The molecule has 5 nitrogen and oxygen atoms in total. The van der Waals surface area contributed by atoms with Crippen molar-refractivity contribution in [3.05, 3.63) is 58.1 Å². The molecule has 0 saturated heterocycles. The normalized spacial score (nSPS) is 14.7. The van der Waals surface area contributed by atoms with Crippen molar-refractivity contribution in [2.24, 2.45) is 0 Å². The first kappa shape index (κ1) is 14.0. The van der Waals surface area contributed by atoms with Gasteiger partial charge in [0.05, 0.1) is 22.0 Å². The molecule has 0 aliphatic carbocycles. The van der Waals surface area contributed by atoms with Gasteiger partial charge >= 0.3 is 5.97 Å². The van der Waals surface area contributed by atoms with Crippen molar-refractivity contribution in [1.29, 1.82) is 0 Å². The maximum atomic E-state index is 11.0. The lowest BCUT2D eigenvalue weighted by atomic mass is 10.1. The summed E-state index contributed by atoms with van der Waals surface area (Å²) < 4.78 is 0. The average molecular weight is 304 g/mol. The molecule has 0 radical (unpaired) electrons. The molecule has 0 bridgehead atoms. The van der Waals surface area contributed by atoms with Crippen molar-refractivity contribution < 1.29 is 9.90 Å². The van der Waals surface area contributed by atoms with Crippen LogP contribution in [0.5, 0.6) is 0 Å². The smallest absolute Gasteiger partial charge is 0.337 e. The highest BCUT2D eigenvalue weighted by Gasteiger charge is 2.18. The number of aromatic nitrogens is 2. The van der Waals surface area contributed by atoms with Crippen molar-refractivity contribution >= 4 is 17.6 Å². The Morgan fingerprint density at radius 3 is 2.76 bits per heavy atom. The lowest BCUT2D eigenvalue weighted by Gasteiger charge is -2.27. The van der Waals surface area contributed by atoms with E-state index in [4.69, 9.17) is 16.7 Å². The van der Waals surface area contributed by atoms with E-state index in [0.29, 0.717) is 0 Å². The molecule has 2 aromatic rings. The van der Waals surface area contributed by atoms with Crippen LogP contribution in [0.2, 0.25) is 5.02 Å². The molecule has 0 atom stereocenters. The Labute approximate surface area is 127 Å². The first-order chi connectivity index (χ1) is 10.1. The lowest BCUT2D eigenvalue weighted by molar-refractivity contribution is 0.0697. The van der Waals surface area contributed by atoms with Gasteiger partial charge in [0, 0.05) is 38.4 Å². The second-order valence-corrected chi connectivity index (χ2v) is 5.44. The molecule has 1 aliphatic heterocycles. The zero-order chi connectivity index (χ0) is 14.8. The Kier molecular flexibility index (Phi) is 3.86. The van der Waals surface area contributed by atoms with E-state index in [1.165, 1.54) is 0 Å². The topological polar surface area (TPSA) is 66.3 Å². The number of fused-ring (bicyclic) bond motifs is 1. The zero-order valence-electron chi connectivity index (χ0n) is 11.3. The van der Waals surface area contributed by atoms with Crippen LogP contribution in [0.15, 0.2) is 30.6 Å². The van der Waals surface area contributed by atoms with Crippen LogP contribution in [0.4, 0.5) is 0 Å². The number of carbonyl (C=O) groups is 1. The Hall–Kier alpha value is -1.98. The van der Waals surface area contributed by atoms with Gasteiger partial charge in [0.15, 0.2) is 0 Å². The number of rotatable bonds is 3. The van der Waals surface area contributed by atoms with E-state index in [-0.39, 0.29) is 10.6 Å². The van der Waals surface area contributed by atoms with Gasteiger partial charge in [0.2, 0.25) is 0 Å². The minimum Gasteiger partial charge on any atom is -0.478 e. The van der Waals surface area contributed by atoms with Crippen LogP contribution in [0, 0.1) is 0 Å². The van der Waals surface area contributed by atoms with Crippen LogP contribution >= 0.6 is 11.6 Å². The van der Waals surface area contributed by atoms with Crippen LogP contribution in [0.3, 0.4) is 0 Å². The molecule has 108 valence electrons. The highest BCUT2D eigenvalue weighted by molar-refractivity contribution is 6.33. The number of hydrogen-bond donors (Lipinski definition) is 1. The Morgan fingerprint density at radius 2 is 2.05 bits per heavy atom. The lowest BCUT2D eigenvalue weighted by Crippen LogP contribution is -2.31. The summed E-state index contributed by atoms with van der Waals surface area (Å²) in [6.07, 6.45) is 4.31. The Bertz CT molecular complexity index is 690. The van der Waals surface area contributed by atoms with E-state index in [1.54, 1.807) is 24.5 Å². The fraction of sp³-hybridized carbons (Fsp3) is 0.267. The molecule has 0 spiro atoms. The second-order valence-electron chi connectivity index (χ2n) is 5.03. The number of halogens is 1. The van der Waals surface area contributed by atoms with E-state index >= 15 is 0 Å². The Balaban J connectivity index is 1.73. The third-order valence-electron chi connectivity index (χ3n) is 3.57. The molecule has 0 amide bonds. The Morgan fingerprint density at radius 1 is 1.29 bits per heavy atom. The second kappa shape index (κ2) is 5.79. The first-order valence-corrected chi connectivity index (χ1v) is 7.04. The minimum absolute atomic E-state index is 0.135. The number of hydrogen-bond acceptors (Lipinski definition) is 4. The third-order valence-corrected chi connectivity index (χ3v) is 3.88. The number of carboxylic acid groups (broad SMARTS) is 1. The van der Waals surface area contributed by atoms with Crippen molar-refractivity contribution in [3.8, 4) is 0 Å². The zero-order valence-corrected chi connectivity index (χ0v) is 12.0. The summed E-state index contributed by atoms with van der Waals surface area (Å²) in [5.74, 6) is -1.01. The van der Waals surface area contributed by atoms with E-state index in [1.807, 2.05) is 6.07 Å². The van der Waals surface area contributed by atoms with E-state index in [9.17, 15) is 4.79 Å². The molecule has 1 N–H and O–H groups in total. The summed E-state index contributed by atoms with van der Waals surface area (Å²) in [7, 11) is 0.